The van der Waals surface area contributed by atoms with Gasteiger partial charge in [0.05, 0.1) is 25.6 Å². The van der Waals surface area contributed by atoms with Crippen LogP contribution < -0.4 is 5.32 Å². The van der Waals surface area contributed by atoms with Crippen molar-refractivity contribution in [1.29, 1.82) is 0 Å². The van der Waals surface area contributed by atoms with Crippen molar-refractivity contribution in [2.45, 2.75) is 12.5 Å². The van der Waals surface area contributed by atoms with Crippen molar-refractivity contribution < 1.29 is 9.53 Å². The maximum Gasteiger partial charge on any atom is 0.271 e. The summed E-state index contributed by atoms with van der Waals surface area (Å²) >= 11 is 0. The molecule has 1 aliphatic heterocycles. The van der Waals surface area contributed by atoms with Crippen LogP contribution in [0.15, 0.2) is 37.1 Å². The Labute approximate surface area is 123 Å². The topological polar surface area (TPSA) is 69.0 Å². The first kappa shape index (κ1) is 13.8. The number of carbonyl (C=O) groups is 1. The number of nitrogens with one attached hydrogen (secondary N) is 1. The molecule has 2 aromatic heterocycles. The Bertz CT molecular complexity index is 611. The molecular formula is C15H18N4O2. The summed E-state index contributed by atoms with van der Waals surface area (Å²) in [6.07, 6.45) is 7.77. The molecule has 0 radical (unpaired) electrons. The zero-order valence-electron chi connectivity index (χ0n) is 11.9. The lowest BCUT2D eigenvalue weighted by Crippen LogP contribution is -2.40. The van der Waals surface area contributed by atoms with E-state index in [9.17, 15) is 4.79 Å². The first-order valence-corrected chi connectivity index (χ1v) is 6.98. The molecule has 1 N–H and O–H groups in total. The van der Waals surface area contributed by atoms with E-state index in [0.717, 1.165) is 6.42 Å². The molecule has 1 amide bonds. The molecule has 110 valence electrons. The lowest BCUT2D eigenvalue weighted by molar-refractivity contribution is 0.0920. The van der Waals surface area contributed by atoms with Gasteiger partial charge in [0.15, 0.2) is 0 Å². The number of rotatable bonds is 4. The monoisotopic (exact) mass is 286 g/mol. The zero-order chi connectivity index (χ0) is 14.7. The molecule has 1 fully saturated rings. The van der Waals surface area contributed by atoms with Crippen LogP contribution in [-0.2, 0) is 18.2 Å². The number of amides is 1. The molecular weight excluding hydrogens is 268 g/mol. The van der Waals surface area contributed by atoms with Gasteiger partial charge in [-0.3, -0.25) is 9.78 Å². The van der Waals surface area contributed by atoms with Crippen LogP contribution in [0.4, 0.5) is 0 Å². The Morgan fingerprint density at radius 3 is 2.95 bits per heavy atom. The first-order valence-electron chi connectivity index (χ1n) is 6.98. The highest BCUT2D eigenvalue weighted by Gasteiger charge is 2.30. The summed E-state index contributed by atoms with van der Waals surface area (Å²) in [4.78, 5) is 20.2. The van der Waals surface area contributed by atoms with Gasteiger partial charge in [0.1, 0.15) is 5.69 Å². The van der Waals surface area contributed by atoms with Gasteiger partial charge in [-0.15, -0.1) is 0 Å². The summed E-state index contributed by atoms with van der Waals surface area (Å²) in [5.74, 6) is 0.130. The van der Waals surface area contributed by atoms with Crippen molar-refractivity contribution in [2.75, 3.05) is 13.2 Å². The molecule has 0 spiro atoms. The molecule has 6 nitrogen and oxygen atoms in total. The zero-order valence-corrected chi connectivity index (χ0v) is 11.9. The Morgan fingerprint density at radius 2 is 2.24 bits per heavy atom. The SMILES string of the molecule is Cn1cnc(C(=O)N[C@H]2COC[C@H]2Cc2ccncc2)c1. The number of imidazole rings is 1. The van der Waals surface area contributed by atoms with Gasteiger partial charge in [-0.05, 0) is 24.1 Å². The van der Waals surface area contributed by atoms with Gasteiger partial charge >= 0.3 is 0 Å². The van der Waals surface area contributed by atoms with Crippen LogP contribution in [0, 0.1) is 5.92 Å². The number of hydrogen-bond acceptors (Lipinski definition) is 4. The summed E-state index contributed by atoms with van der Waals surface area (Å²) in [6, 6.07) is 4.01. The maximum absolute atomic E-state index is 12.2. The highest BCUT2D eigenvalue weighted by atomic mass is 16.5. The second-order valence-corrected chi connectivity index (χ2v) is 5.36. The fourth-order valence-electron chi connectivity index (χ4n) is 2.55. The molecule has 2 atom stereocenters. The Kier molecular flexibility index (Phi) is 3.96. The van der Waals surface area contributed by atoms with E-state index >= 15 is 0 Å². The third-order valence-electron chi connectivity index (χ3n) is 3.70. The van der Waals surface area contributed by atoms with Crippen LogP contribution in [0.3, 0.4) is 0 Å². The summed E-state index contributed by atoms with van der Waals surface area (Å²) < 4.78 is 7.29. The second-order valence-electron chi connectivity index (χ2n) is 5.36. The minimum atomic E-state index is -0.147. The van der Waals surface area contributed by atoms with Crippen LogP contribution in [-0.4, -0.2) is 39.7 Å². The van der Waals surface area contributed by atoms with E-state index in [-0.39, 0.29) is 17.9 Å². The number of aryl methyl sites for hydroxylation is 1. The van der Waals surface area contributed by atoms with E-state index in [1.54, 1.807) is 29.5 Å². The highest BCUT2D eigenvalue weighted by molar-refractivity contribution is 5.92. The lowest BCUT2D eigenvalue weighted by atomic mass is 9.95. The number of hydrogen-bond donors (Lipinski definition) is 1. The van der Waals surface area contributed by atoms with Gasteiger partial charge in [0, 0.05) is 31.6 Å². The van der Waals surface area contributed by atoms with Gasteiger partial charge in [-0.2, -0.15) is 0 Å². The van der Waals surface area contributed by atoms with Gasteiger partial charge in [-0.1, -0.05) is 0 Å². The smallest absolute Gasteiger partial charge is 0.271 e. The molecule has 6 heteroatoms. The standard InChI is InChI=1S/C15H18N4O2/c1-19-7-13(17-10-19)15(20)18-14-9-21-8-12(14)6-11-2-4-16-5-3-11/h2-5,7,10,12,14H,6,8-9H2,1H3,(H,18,20)/t12-,14+/m1/s1. The maximum atomic E-state index is 12.2. The lowest BCUT2D eigenvalue weighted by Gasteiger charge is -2.18. The summed E-state index contributed by atoms with van der Waals surface area (Å²) in [6.45, 7) is 1.21. The molecule has 0 unspecified atom stereocenters. The highest BCUT2D eigenvalue weighted by Crippen LogP contribution is 2.19. The fraction of sp³-hybridized carbons (Fsp3) is 0.400. The van der Waals surface area contributed by atoms with Gasteiger partial charge < -0.3 is 14.6 Å². The van der Waals surface area contributed by atoms with E-state index in [2.05, 4.69) is 15.3 Å². The Balaban J connectivity index is 1.63. The predicted octanol–water partition coefficient (Wildman–Crippen LogP) is 0.803. The number of ether oxygens (including phenoxy) is 1. The Hall–Kier alpha value is -2.21. The number of pyridine rings is 1. The minimum absolute atomic E-state index is 0.0210. The average molecular weight is 286 g/mol. The number of aromatic nitrogens is 3. The first-order chi connectivity index (χ1) is 10.2. The van der Waals surface area contributed by atoms with E-state index < -0.39 is 0 Å². The molecule has 0 bridgehead atoms. The van der Waals surface area contributed by atoms with Crippen molar-refractivity contribution in [3.05, 3.63) is 48.3 Å². The van der Waals surface area contributed by atoms with Crippen molar-refractivity contribution in [1.82, 2.24) is 19.9 Å². The number of nitrogens with zero attached hydrogens (tertiary/aromatic N) is 3. The van der Waals surface area contributed by atoms with E-state index in [1.165, 1.54) is 5.56 Å². The summed E-state index contributed by atoms with van der Waals surface area (Å²) in [5.41, 5.74) is 1.64. The third kappa shape index (κ3) is 3.28. The summed E-state index contributed by atoms with van der Waals surface area (Å²) in [5, 5.41) is 3.02. The quantitative estimate of drug-likeness (QED) is 0.902. The molecule has 21 heavy (non-hydrogen) atoms. The van der Waals surface area contributed by atoms with Gasteiger partial charge in [0.25, 0.3) is 5.91 Å². The molecule has 3 heterocycles. The largest absolute Gasteiger partial charge is 0.379 e. The van der Waals surface area contributed by atoms with E-state index in [1.807, 2.05) is 19.2 Å². The van der Waals surface area contributed by atoms with Crippen molar-refractivity contribution >= 4 is 5.91 Å². The van der Waals surface area contributed by atoms with Crippen LogP contribution in [0.25, 0.3) is 0 Å². The van der Waals surface area contributed by atoms with Crippen molar-refractivity contribution in [3.63, 3.8) is 0 Å². The normalized spacial score (nSPS) is 21.4. The van der Waals surface area contributed by atoms with Crippen LogP contribution in [0.1, 0.15) is 16.1 Å². The Morgan fingerprint density at radius 1 is 1.43 bits per heavy atom. The molecule has 0 saturated carbocycles. The van der Waals surface area contributed by atoms with E-state index in [0.29, 0.717) is 18.9 Å². The summed E-state index contributed by atoms with van der Waals surface area (Å²) in [7, 11) is 1.84. The van der Waals surface area contributed by atoms with Gasteiger partial charge in [0.2, 0.25) is 0 Å². The molecule has 0 aromatic carbocycles. The molecule has 3 rings (SSSR count). The molecule has 1 saturated heterocycles. The van der Waals surface area contributed by atoms with E-state index in [4.69, 9.17) is 4.74 Å². The fourth-order valence-corrected chi connectivity index (χ4v) is 2.55. The average Bonchev–Trinajstić information content (AvgIpc) is 3.10. The van der Waals surface area contributed by atoms with Gasteiger partial charge in [-0.25, -0.2) is 4.98 Å². The minimum Gasteiger partial charge on any atom is -0.379 e. The molecule has 1 aliphatic rings. The van der Waals surface area contributed by atoms with Crippen molar-refractivity contribution in [2.24, 2.45) is 13.0 Å². The molecule has 0 aliphatic carbocycles. The van der Waals surface area contributed by atoms with Crippen LogP contribution >= 0.6 is 0 Å². The second kappa shape index (κ2) is 6.05. The van der Waals surface area contributed by atoms with Crippen molar-refractivity contribution in [3.8, 4) is 0 Å². The third-order valence-corrected chi connectivity index (χ3v) is 3.70. The molecule has 2 aromatic rings. The predicted molar refractivity (Wildman–Crippen MR) is 76.7 cm³/mol. The number of carbonyl (C=O) groups excluding carboxylic acids is 1. The van der Waals surface area contributed by atoms with Crippen LogP contribution in [0.5, 0.6) is 0 Å². The van der Waals surface area contributed by atoms with Crippen LogP contribution in [0.2, 0.25) is 0 Å².